The molecule has 2 amide bonds. The summed E-state index contributed by atoms with van der Waals surface area (Å²) in [7, 11) is -4.07. The normalized spacial score (nSPS) is 12.0. The minimum absolute atomic E-state index is 0.0905. The van der Waals surface area contributed by atoms with Crippen molar-refractivity contribution in [3.8, 4) is 0 Å². The van der Waals surface area contributed by atoms with E-state index in [1.165, 1.54) is 17.0 Å². The summed E-state index contributed by atoms with van der Waals surface area (Å²) in [6.45, 7) is 7.72. The Morgan fingerprint density at radius 1 is 0.921 bits per heavy atom. The van der Waals surface area contributed by atoms with E-state index in [4.69, 9.17) is 0 Å². The van der Waals surface area contributed by atoms with Gasteiger partial charge in [-0.25, -0.2) is 8.42 Å². The second-order valence-electron chi connectivity index (χ2n) is 9.44. The summed E-state index contributed by atoms with van der Waals surface area (Å²) in [6.07, 6.45) is 1.77. The first-order valence-corrected chi connectivity index (χ1v) is 14.3. The molecule has 1 N–H and O–H groups in total. The highest BCUT2D eigenvalue weighted by Gasteiger charge is 2.33. The largest absolute Gasteiger partial charge is 0.354 e. The van der Waals surface area contributed by atoms with Crippen LogP contribution in [0.1, 0.15) is 43.4 Å². The molecule has 3 aromatic carbocycles. The van der Waals surface area contributed by atoms with Gasteiger partial charge in [-0.2, -0.15) is 0 Å². The maximum Gasteiger partial charge on any atom is 0.264 e. The van der Waals surface area contributed by atoms with Gasteiger partial charge < -0.3 is 10.2 Å². The van der Waals surface area contributed by atoms with Crippen molar-refractivity contribution in [1.29, 1.82) is 0 Å². The Balaban J connectivity index is 2.00. The number of hydrogen-bond acceptors (Lipinski definition) is 4. The molecule has 0 heterocycles. The molecule has 8 heteroatoms. The summed E-state index contributed by atoms with van der Waals surface area (Å²) in [5.41, 5.74) is 2.99. The van der Waals surface area contributed by atoms with E-state index in [-0.39, 0.29) is 17.3 Å². The zero-order valence-electron chi connectivity index (χ0n) is 22.6. The van der Waals surface area contributed by atoms with Crippen LogP contribution in [0.4, 0.5) is 5.69 Å². The number of amides is 2. The van der Waals surface area contributed by atoms with Gasteiger partial charge in [0.1, 0.15) is 12.6 Å². The second kappa shape index (κ2) is 13.2. The van der Waals surface area contributed by atoms with Crippen LogP contribution in [-0.4, -0.2) is 44.3 Å². The lowest BCUT2D eigenvalue weighted by molar-refractivity contribution is -0.139. The van der Waals surface area contributed by atoms with Crippen molar-refractivity contribution in [2.75, 3.05) is 17.4 Å². The summed E-state index contributed by atoms with van der Waals surface area (Å²) >= 11 is 0. The molecule has 0 saturated heterocycles. The number of carbonyl (C=O) groups is 2. The summed E-state index contributed by atoms with van der Waals surface area (Å²) in [6, 6.07) is 22.1. The Morgan fingerprint density at radius 2 is 1.55 bits per heavy atom. The van der Waals surface area contributed by atoms with Gasteiger partial charge in [-0.05, 0) is 56.5 Å². The third-order valence-corrected chi connectivity index (χ3v) is 8.20. The predicted octanol–water partition coefficient (Wildman–Crippen LogP) is 4.83. The standard InChI is InChI=1S/C30H37N3O4S/c1-5-6-19-31-30(35)25(4)32(21-26-13-9-7-10-14-26)29(34)22-33(28-18-17-23(2)20-24(28)3)38(36,37)27-15-11-8-12-16-27/h7-18,20,25H,5-6,19,21-22H2,1-4H3,(H,31,35). The molecule has 0 aliphatic heterocycles. The number of sulfonamides is 1. The highest BCUT2D eigenvalue weighted by molar-refractivity contribution is 7.92. The lowest BCUT2D eigenvalue weighted by atomic mass is 10.1. The van der Waals surface area contributed by atoms with Crippen molar-refractivity contribution in [3.63, 3.8) is 0 Å². The maximum atomic E-state index is 13.9. The third-order valence-electron chi connectivity index (χ3n) is 6.42. The quantitative estimate of drug-likeness (QED) is 0.337. The molecular weight excluding hydrogens is 498 g/mol. The molecule has 0 aromatic heterocycles. The number of carbonyl (C=O) groups excluding carboxylic acids is 2. The van der Waals surface area contributed by atoms with Gasteiger partial charge in [-0.3, -0.25) is 13.9 Å². The molecule has 0 aliphatic carbocycles. The summed E-state index contributed by atoms with van der Waals surface area (Å²) < 4.78 is 28.8. The van der Waals surface area contributed by atoms with E-state index in [1.54, 1.807) is 31.2 Å². The van der Waals surface area contributed by atoms with E-state index >= 15 is 0 Å². The Morgan fingerprint density at radius 3 is 2.16 bits per heavy atom. The molecule has 38 heavy (non-hydrogen) atoms. The second-order valence-corrected chi connectivity index (χ2v) is 11.3. The van der Waals surface area contributed by atoms with Gasteiger partial charge in [-0.15, -0.1) is 0 Å². The Bertz CT molecular complexity index is 1330. The van der Waals surface area contributed by atoms with Crippen molar-refractivity contribution in [2.45, 2.75) is 58.0 Å². The number of nitrogens with one attached hydrogen (secondary N) is 1. The number of aryl methyl sites for hydroxylation is 2. The van der Waals surface area contributed by atoms with Gasteiger partial charge in [0.2, 0.25) is 11.8 Å². The minimum atomic E-state index is -4.07. The third kappa shape index (κ3) is 7.22. The first-order valence-electron chi connectivity index (χ1n) is 12.9. The molecule has 7 nitrogen and oxygen atoms in total. The van der Waals surface area contributed by atoms with Gasteiger partial charge in [0.15, 0.2) is 0 Å². The van der Waals surface area contributed by atoms with E-state index in [9.17, 15) is 18.0 Å². The highest BCUT2D eigenvalue weighted by Crippen LogP contribution is 2.28. The fourth-order valence-electron chi connectivity index (χ4n) is 4.22. The molecule has 0 fully saturated rings. The van der Waals surface area contributed by atoms with E-state index in [0.717, 1.165) is 33.8 Å². The van der Waals surface area contributed by atoms with Gasteiger partial charge >= 0.3 is 0 Å². The zero-order chi connectivity index (χ0) is 27.7. The molecule has 0 spiro atoms. The van der Waals surface area contributed by atoms with Crippen molar-refractivity contribution in [1.82, 2.24) is 10.2 Å². The SMILES string of the molecule is CCCCNC(=O)C(C)N(Cc1ccccc1)C(=O)CN(c1ccc(C)cc1C)S(=O)(=O)c1ccccc1. The lowest BCUT2D eigenvalue weighted by Gasteiger charge is -2.32. The topological polar surface area (TPSA) is 86.8 Å². The molecule has 3 rings (SSSR count). The van der Waals surface area contributed by atoms with E-state index in [1.807, 2.05) is 63.2 Å². The van der Waals surface area contributed by atoms with Gasteiger partial charge in [0.05, 0.1) is 10.6 Å². The van der Waals surface area contributed by atoms with E-state index < -0.39 is 28.5 Å². The molecule has 0 bridgehead atoms. The fraction of sp³-hybridized carbons (Fsp3) is 0.333. The summed E-state index contributed by atoms with van der Waals surface area (Å²) in [5.74, 6) is -0.738. The predicted molar refractivity (Wildman–Crippen MR) is 151 cm³/mol. The van der Waals surface area contributed by atoms with Gasteiger partial charge in [0, 0.05) is 13.1 Å². The van der Waals surface area contributed by atoms with Gasteiger partial charge in [-0.1, -0.05) is 79.6 Å². The van der Waals surface area contributed by atoms with Crippen molar-refractivity contribution >= 4 is 27.5 Å². The monoisotopic (exact) mass is 535 g/mol. The number of benzene rings is 3. The zero-order valence-corrected chi connectivity index (χ0v) is 23.4. The van der Waals surface area contributed by atoms with Crippen molar-refractivity contribution in [2.24, 2.45) is 0 Å². The number of anilines is 1. The average molecular weight is 536 g/mol. The number of hydrogen-bond donors (Lipinski definition) is 1. The summed E-state index contributed by atoms with van der Waals surface area (Å²) in [4.78, 5) is 28.4. The van der Waals surface area contributed by atoms with Crippen LogP contribution in [0, 0.1) is 13.8 Å². The molecule has 0 radical (unpaired) electrons. The van der Waals surface area contributed by atoms with Crippen LogP contribution in [0.25, 0.3) is 0 Å². The van der Waals surface area contributed by atoms with Gasteiger partial charge in [0.25, 0.3) is 10.0 Å². The highest BCUT2D eigenvalue weighted by atomic mass is 32.2. The maximum absolute atomic E-state index is 13.9. The minimum Gasteiger partial charge on any atom is -0.354 e. The molecule has 1 atom stereocenters. The summed E-state index contributed by atoms with van der Waals surface area (Å²) in [5, 5.41) is 2.90. The van der Waals surface area contributed by atoms with Crippen molar-refractivity contribution in [3.05, 3.63) is 95.6 Å². The molecule has 202 valence electrons. The molecular formula is C30H37N3O4S. The van der Waals surface area contributed by atoms with Crippen LogP contribution in [0.15, 0.2) is 83.8 Å². The Kier molecular flexibility index (Phi) is 10.1. The number of rotatable bonds is 12. The van der Waals surface area contributed by atoms with Crippen molar-refractivity contribution < 1.29 is 18.0 Å². The van der Waals surface area contributed by atoms with E-state index in [0.29, 0.717) is 12.2 Å². The average Bonchev–Trinajstić information content (AvgIpc) is 2.91. The van der Waals surface area contributed by atoms with Crippen LogP contribution < -0.4 is 9.62 Å². The van der Waals surface area contributed by atoms with Crippen LogP contribution in [0.2, 0.25) is 0 Å². The molecule has 3 aromatic rings. The first kappa shape index (κ1) is 28.9. The lowest BCUT2D eigenvalue weighted by Crippen LogP contribution is -2.51. The van der Waals surface area contributed by atoms with Crippen LogP contribution in [0.3, 0.4) is 0 Å². The Hall–Kier alpha value is -3.65. The number of unbranched alkanes of at least 4 members (excludes halogenated alkanes) is 1. The fourth-order valence-corrected chi connectivity index (χ4v) is 5.72. The number of nitrogens with zero attached hydrogens (tertiary/aromatic N) is 2. The Labute approximate surface area is 226 Å². The van der Waals surface area contributed by atoms with E-state index in [2.05, 4.69) is 5.32 Å². The van der Waals surface area contributed by atoms with Crippen LogP contribution in [-0.2, 0) is 26.2 Å². The molecule has 1 unspecified atom stereocenters. The molecule has 0 aliphatic rings. The molecule has 0 saturated carbocycles. The first-order chi connectivity index (χ1) is 18.1. The van der Waals surface area contributed by atoms with Crippen LogP contribution in [0.5, 0.6) is 0 Å². The smallest absolute Gasteiger partial charge is 0.264 e. The van der Waals surface area contributed by atoms with Crippen LogP contribution >= 0.6 is 0 Å².